The molecular weight excluding hydrogens is 1060 g/mol. The van der Waals surface area contributed by atoms with E-state index in [0.717, 1.165) is 31.3 Å². The molecule has 3 saturated heterocycles. The molecule has 0 radical (unpaired) electrons. The molecule has 0 aromatic heterocycles. The van der Waals surface area contributed by atoms with Crippen LogP contribution in [-0.2, 0) is 30.4 Å². The molecular formula is C59H72N8O15. The van der Waals surface area contributed by atoms with Crippen LogP contribution < -0.4 is 52.4 Å². The number of ketones is 2. The van der Waals surface area contributed by atoms with Crippen molar-refractivity contribution in [2.45, 2.75) is 131 Å². The minimum atomic E-state index is -2.45. The van der Waals surface area contributed by atoms with Gasteiger partial charge in [0.05, 0.1) is 57.5 Å². The van der Waals surface area contributed by atoms with Gasteiger partial charge in [0, 0.05) is 77.3 Å². The Morgan fingerprint density at radius 3 is 2.59 bits per heavy atom. The summed E-state index contributed by atoms with van der Waals surface area (Å²) < 4.78 is 33.9. The summed E-state index contributed by atoms with van der Waals surface area (Å²) in [5.41, 5.74) is 13.2. The maximum absolute atomic E-state index is 15.3. The third-order valence-corrected chi connectivity index (χ3v) is 17.2. The van der Waals surface area contributed by atoms with Crippen LogP contribution in [0.2, 0.25) is 0 Å². The Morgan fingerprint density at radius 2 is 1.79 bits per heavy atom. The average Bonchev–Trinajstić information content (AvgIpc) is 4.04. The number of para-hydroxylation sites is 1. The van der Waals surface area contributed by atoms with E-state index in [9.17, 15) is 40.2 Å². The van der Waals surface area contributed by atoms with Crippen molar-refractivity contribution < 1.29 is 73.5 Å². The lowest BCUT2D eigenvalue weighted by Crippen LogP contribution is -2.70. The van der Waals surface area contributed by atoms with Crippen LogP contribution in [0.15, 0.2) is 71.6 Å². The standard InChI is InChI=1S/C59H72N8O15/c60-54-42(22-63-33-6-1-2-7-33)36(15-18-62-54)32(24-70)26-79-52-53(75)59(77)17-5-8-34(71)13-12-31-25-78-28-44(59)81-57(52)82-50-41(45(31)38-9-3-4-10-43(38)67-29-64-47-55(67)65-58(61)66-56(47)76)21-40-46(51(50)80-27-35(72)16-19-68)49(74)39-20-30(23-69)11-14-37(39)48(40)73/h3-4,9-11,14-15,19-21,31-35,44-45,47,52-53,55,57-58,62-65,69-72,75,77H,1-2,6-8,12-13,16,18,22-29,60-61H2,(H,66,76). The van der Waals surface area contributed by atoms with Crippen molar-refractivity contribution in [3.05, 3.63) is 111 Å². The van der Waals surface area contributed by atoms with Crippen LogP contribution >= 0.6 is 0 Å². The van der Waals surface area contributed by atoms with Crippen molar-refractivity contribution in [3.63, 3.8) is 0 Å². The highest BCUT2D eigenvalue weighted by molar-refractivity contribution is 6.29. The number of aliphatic hydroxyl groups excluding tert-OH is 5. The highest BCUT2D eigenvalue weighted by Crippen LogP contribution is 2.52. The summed E-state index contributed by atoms with van der Waals surface area (Å²) in [6.45, 7) is -1.35. The number of rotatable bonds is 16. The highest BCUT2D eigenvalue weighted by Gasteiger charge is 2.58. The highest BCUT2D eigenvalue weighted by atomic mass is 16.7. The number of carbonyl (C=O) groups excluding carboxylic acids is 4. The molecule has 13 unspecified atom stereocenters. The predicted octanol–water partition coefficient (Wildman–Crippen LogP) is -0.945. The van der Waals surface area contributed by atoms with Crippen LogP contribution in [0.3, 0.4) is 0 Å². The summed E-state index contributed by atoms with van der Waals surface area (Å²) >= 11 is 0. The fourth-order valence-corrected chi connectivity index (χ4v) is 12.9. The quantitative estimate of drug-likeness (QED) is 0.0475. The van der Waals surface area contributed by atoms with E-state index in [1.807, 2.05) is 35.2 Å². The van der Waals surface area contributed by atoms with E-state index in [0.29, 0.717) is 47.6 Å². The molecule has 1 saturated carbocycles. The molecule has 6 aliphatic heterocycles. The lowest BCUT2D eigenvalue weighted by molar-refractivity contribution is -0.309. The molecule has 2 aliphatic carbocycles. The Hall–Kier alpha value is -6.34. The monoisotopic (exact) mass is 1130 g/mol. The van der Waals surface area contributed by atoms with Gasteiger partial charge in [0.15, 0.2) is 28.7 Å². The maximum atomic E-state index is 15.3. The normalized spacial score (nSPS) is 30.6. The van der Waals surface area contributed by atoms with Gasteiger partial charge in [-0.15, -0.1) is 0 Å². The third-order valence-electron chi connectivity index (χ3n) is 17.2. The van der Waals surface area contributed by atoms with E-state index in [-0.39, 0.29) is 103 Å². The number of hydrogen-bond donors (Lipinski definition) is 13. The molecule has 0 spiro atoms. The van der Waals surface area contributed by atoms with Gasteiger partial charge < -0.3 is 85.7 Å². The van der Waals surface area contributed by atoms with E-state index in [1.165, 1.54) is 12.1 Å². The predicted molar refractivity (Wildman–Crippen MR) is 294 cm³/mol. The summed E-state index contributed by atoms with van der Waals surface area (Å²) in [5, 5.41) is 86.1. The second kappa shape index (κ2) is 24.5. The molecule has 6 heterocycles. The van der Waals surface area contributed by atoms with Crippen molar-refractivity contribution in [1.82, 2.24) is 26.6 Å². The fourth-order valence-electron chi connectivity index (χ4n) is 12.9. The zero-order valence-electron chi connectivity index (χ0n) is 45.3. The van der Waals surface area contributed by atoms with E-state index in [4.69, 9.17) is 35.2 Å². The minimum absolute atomic E-state index is 0.0374. The van der Waals surface area contributed by atoms with Crippen LogP contribution in [0.25, 0.3) is 0 Å². The summed E-state index contributed by atoms with van der Waals surface area (Å²) in [5.74, 6) is 1.57. The van der Waals surface area contributed by atoms with E-state index < -0.39 is 110 Å². The molecule has 3 aromatic carbocycles. The SMILES string of the molecule is NC1=C(CNC2CCCC2)C(C(CO)COC2C3Oc4c(cc5c(c4OCC(O)CC=O)C(=O)c4cc(CO)ccc4C5=O)C(c4ccccc4N4CNC5C(=O)NC(N)NC54)C4CCC(O)CC#CC(O)(C(COC4)O3)C2O)=CCN1. The molecule has 438 valence electrons. The molecule has 4 fully saturated rings. The topological polar surface area (TPSA) is 351 Å². The molecule has 23 heteroatoms. The van der Waals surface area contributed by atoms with Gasteiger partial charge in [-0.05, 0) is 72.6 Å². The third kappa shape index (κ3) is 11.0. The first-order chi connectivity index (χ1) is 39.7. The second-order valence-corrected chi connectivity index (χ2v) is 22.4. The van der Waals surface area contributed by atoms with Crippen molar-refractivity contribution in [3.8, 4) is 23.3 Å². The Balaban J connectivity index is 1.11. The number of nitrogens with two attached hydrogens (primary N) is 2. The van der Waals surface area contributed by atoms with Gasteiger partial charge in [0.2, 0.25) is 12.2 Å². The Kier molecular flexibility index (Phi) is 17.2. The lowest BCUT2D eigenvalue weighted by Gasteiger charge is -2.47. The summed E-state index contributed by atoms with van der Waals surface area (Å²) in [6.07, 6.45) is -4.44. The zero-order chi connectivity index (χ0) is 57.4. The number of ether oxygens (including phenoxy) is 5. The lowest BCUT2D eigenvalue weighted by atomic mass is 9.74. The fraction of sp³-hybridized carbons (Fsp3) is 0.525. The maximum Gasteiger partial charge on any atom is 0.242 e. The first-order valence-corrected chi connectivity index (χ1v) is 28.3. The van der Waals surface area contributed by atoms with Crippen LogP contribution in [0.4, 0.5) is 5.69 Å². The van der Waals surface area contributed by atoms with Crippen molar-refractivity contribution in [2.75, 3.05) is 57.7 Å². The first-order valence-electron chi connectivity index (χ1n) is 28.3. The van der Waals surface area contributed by atoms with Crippen LogP contribution in [0.1, 0.15) is 106 Å². The Morgan fingerprint density at radius 1 is 0.976 bits per heavy atom. The number of fused-ring (bicyclic) bond motifs is 8. The van der Waals surface area contributed by atoms with Gasteiger partial charge >= 0.3 is 0 Å². The number of anilines is 1. The number of dihydropyridines is 1. The van der Waals surface area contributed by atoms with Gasteiger partial charge in [-0.2, -0.15) is 0 Å². The number of nitrogens with one attached hydrogen (secondary N) is 5. The molecule has 1 amide bonds. The average molecular weight is 1130 g/mol. The van der Waals surface area contributed by atoms with Gasteiger partial charge in [0.25, 0.3) is 0 Å². The molecule has 23 nitrogen and oxygen atoms in total. The van der Waals surface area contributed by atoms with Crippen molar-refractivity contribution in [2.24, 2.45) is 23.3 Å². The van der Waals surface area contributed by atoms with Gasteiger partial charge in [-0.3, -0.25) is 30.8 Å². The molecule has 8 aliphatic rings. The van der Waals surface area contributed by atoms with Crippen molar-refractivity contribution >= 4 is 29.4 Å². The van der Waals surface area contributed by atoms with Gasteiger partial charge in [-0.25, -0.2) is 0 Å². The number of aliphatic hydroxyl groups is 6. The molecule has 3 aromatic rings. The van der Waals surface area contributed by atoms with Crippen LogP contribution in [-0.4, -0.2) is 174 Å². The largest absolute Gasteiger partial charge is 0.486 e. The molecule has 15 N–H and O–H groups in total. The van der Waals surface area contributed by atoms with E-state index >= 15 is 9.59 Å². The summed E-state index contributed by atoms with van der Waals surface area (Å²) in [7, 11) is 0. The van der Waals surface area contributed by atoms with Crippen LogP contribution in [0.5, 0.6) is 11.5 Å². The number of hydrogen-bond acceptors (Lipinski definition) is 22. The minimum Gasteiger partial charge on any atom is -0.486 e. The molecule has 3 bridgehead atoms. The Bertz CT molecular complexity index is 3070. The Labute approximate surface area is 473 Å². The summed E-state index contributed by atoms with van der Waals surface area (Å²) in [6, 6.07) is 12.9. The molecule has 11 rings (SSSR count). The van der Waals surface area contributed by atoms with Gasteiger partial charge in [0.1, 0.15) is 55.5 Å². The van der Waals surface area contributed by atoms with Gasteiger partial charge in [-0.1, -0.05) is 55.0 Å². The second-order valence-electron chi connectivity index (χ2n) is 22.4. The number of nitrogens with zero attached hydrogens (tertiary/aromatic N) is 1. The molecule has 13 atom stereocenters. The first kappa shape index (κ1) is 57.5. The number of amides is 1. The van der Waals surface area contributed by atoms with Crippen molar-refractivity contribution in [1.29, 1.82) is 0 Å². The smallest absolute Gasteiger partial charge is 0.242 e. The van der Waals surface area contributed by atoms with E-state index in [2.05, 4.69) is 38.4 Å². The summed E-state index contributed by atoms with van der Waals surface area (Å²) in [4.78, 5) is 57.8. The van der Waals surface area contributed by atoms with E-state index in [1.54, 1.807) is 12.1 Å². The van der Waals surface area contributed by atoms with Crippen LogP contribution in [0, 0.1) is 23.7 Å². The number of benzene rings is 3. The zero-order valence-corrected chi connectivity index (χ0v) is 45.3. The number of aldehydes is 1. The number of carbonyl (C=O) groups is 4. The molecule has 82 heavy (non-hydrogen) atoms.